The molecule has 0 aliphatic carbocycles. The van der Waals surface area contributed by atoms with Crippen molar-refractivity contribution >= 4 is 6.09 Å². The molecule has 0 saturated heterocycles. The van der Waals surface area contributed by atoms with Gasteiger partial charge in [-0.1, -0.05) is 12.2 Å². The second-order valence-electron chi connectivity index (χ2n) is 1.57. The van der Waals surface area contributed by atoms with Crippen molar-refractivity contribution in [2.75, 3.05) is 0 Å². The number of nitrogens with zero attached hydrogens (tertiary/aromatic N) is 1. The summed E-state index contributed by atoms with van der Waals surface area (Å²) in [7, 11) is 0. The average Bonchev–Trinajstić information content (AvgIpc) is 1.90. The van der Waals surface area contributed by atoms with Gasteiger partial charge in [-0.15, -0.1) is 0 Å². The number of hydrogen-bond acceptors (Lipinski definition) is 1. The minimum absolute atomic E-state index is 0.962. The van der Waals surface area contributed by atoms with E-state index in [4.69, 9.17) is 5.11 Å². The van der Waals surface area contributed by atoms with Crippen LogP contribution in [-0.4, -0.2) is 16.1 Å². The first-order chi connectivity index (χ1) is 4.30. The Balaban J connectivity index is 2.56. The van der Waals surface area contributed by atoms with Crippen molar-refractivity contribution in [1.29, 1.82) is 0 Å². The number of carboxylic acid groups (broad SMARTS) is 1. The van der Waals surface area contributed by atoms with Gasteiger partial charge in [0, 0.05) is 6.20 Å². The van der Waals surface area contributed by atoms with Gasteiger partial charge in [-0.25, -0.2) is 4.79 Å². The summed E-state index contributed by atoms with van der Waals surface area (Å²) in [6, 6.07) is 0. The lowest BCUT2D eigenvalue weighted by atomic mass is 10.4. The smallest absolute Gasteiger partial charge is 0.411 e. The standard InChI is InChI=1S/C6H6NO2/c8-6(9)7-4-2-1-3-5-7/h1-5H,(H,8,9). The van der Waals surface area contributed by atoms with E-state index in [0.717, 1.165) is 4.90 Å². The molecule has 0 fully saturated rings. The molecule has 0 aromatic heterocycles. The summed E-state index contributed by atoms with van der Waals surface area (Å²) in [6.45, 7) is 1.47. The average molecular weight is 124 g/mol. The van der Waals surface area contributed by atoms with Crippen molar-refractivity contribution in [2.24, 2.45) is 0 Å². The maximum absolute atomic E-state index is 10.2. The molecule has 1 aliphatic heterocycles. The number of rotatable bonds is 0. The Morgan fingerprint density at radius 1 is 1.33 bits per heavy atom. The predicted molar refractivity (Wildman–Crippen MR) is 32.4 cm³/mol. The topological polar surface area (TPSA) is 40.5 Å². The van der Waals surface area contributed by atoms with E-state index in [0.29, 0.717) is 0 Å². The highest BCUT2D eigenvalue weighted by Gasteiger charge is 2.06. The molecule has 0 bridgehead atoms. The summed E-state index contributed by atoms with van der Waals surface area (Å²) in [5.41, 5.74) is 0. The van der Waals surface area contributed by atoms with Gasteiger partial charge in [-0.2, -0.15) is 0 Å². The van der Waals surface area contributed by atoms with Gasteiger partial charge in [-0.3, -0.25) is 4.90 Å². The van der Waals surface area contributed by atoms with E-state index < -0.39 is 6.09 Å². The summed E-state index contributed by atoms with van der Waals surface area (Å²) < 4.78 is 0. The molecule has 1 radical (unpaired) electrons. The van der Waals surface area contributed by atoms with Crippen molar-refractivity contribution < 1.29 is 9.90 Å². The van der Waals surface area contributed by atoms with E-state index in [2.05, 4.69) is 0 Å². The third-order valence-corrected chi connectivity index (χ3v) is 0.936. The molecular formula is C6H6NO2. The molecule has 0 aromatic rings. The van der Waals surface area contributed by atoms with Crippen molar-refractivity contribution in [2.45, 2.75) is 0 Å². The number of carbonyl (C=O) groups is 1. The van der Waals surface area contributed by atoms with Crippen molar-refractivity contribution in [1.82, 2.24) is 4.90 Å². The first kappa shape index (κ1) is 5.88. The van der Waals surface area contributed by atoms with Crippen molar-refractivity contribution in [3.05, 3.63) is 31.0 Å². The SMILES string of the molecule is O=C(O)N1[CH]C=CC=C1. The zero-order chi connectivity index (χ0) is 6.69. The summed E-state index contributed by atoms with van der Waals surface area (Å²) in [5.74, 6) is 0. The van der Waals surface area contributed by atoms with Crippen LogP contribution in [0, 0.1) is 6.54 Å². The Morgan fingerprint density at radius 3 is 2.44 bits per heavy atom. The molecule has 0 atom stereocenters. The van der Waals surface area contributed by atoms with E-state index >= 15 is 0 Å². The maximum atomic E-state index is 10.2. The van der Waals surface area contributed by atoms with Crippen LogP contribution >= 0.6 is 0 Å². The molecule has 1 heterocycles. The molecule has 0 saturated carbocycles. The third-order valence-electron chi connectivity index (χ3n) is 0.936. The largest absolute Gasteiger partial charge is 0.465 e. The number of hydrogen-bond donors (Lipinski definition) is 1. The van der Waals surface area contributed by atoms with Gasteiger partial charge in [0.2, 0.25) is 0 Å². The third kappa shape index (κ3) is 1.32. The molecule has 1 aliphatic rings. The molecule has 3 heteroatoms. The summed E-state index contributed by atoms with van der Waals surface area (Å²) in [6.07, 6.45) is 5.60. The van der Waals surface area contributed by atoms with Crippen LogP contribution in [0.4, 0.5) is 4.79 Å². The Hall–Kier alpha value is -1.25. The molecule has 9 heavy (non-hydrogen) atoms. The lowest BCUT2D eigenvalue weighted by Crippen LogP contribution is -2.20. The first-order valence-corrected chi connectivity index (χ1v) is 2.50. The van der Waals surface area contributed by atoms with Crippen LogP contribution in [0.2, 0.25) is 0 Å². The Kier molecular flexibility index (Phi) is 1.53. The normalized spacial score (nSPS) is 16.2. The summed E-state index contributed by atoms with van der Waals surface area (Å²) in [5, 5.41) is 8.35. The Labute approximate surface area is 52.9 Å². The van der Waals surface area contributed by atoms with Crippen molar-refractivity contribution in [3.63, 3.8) is 0 Å². The molecule has 47 valence electrons. The Bertz CT molecular complexity index is 172. The van der Waals surface area contributed by atoms with E-state index in [9.17, 15) is 4.79 Å². The van der Waals surface area contributed by atoms with Crippen molar-refractivity contribution in [3.8, 4) is 0 Å². The van der Waals surface area contributed by atoms with Crippen LogP contribution in [0.3, 0.4) is 0 Å². The Morgan fingerprint density at radius 2 is 2.11 bits per heavy atom. The van der Waals surface area contributed by atoms with E-state index in [-0.39, 0.29) is 0 Å². The molecule has 0 aromatic carbocycles. The molecule has 1 amide bonds. The van der Waals surface area contributed by atoms with E-state index in [1.165, 1.54) is 12.7 Å². The quantitative estimate of drug-likeness (QED) is 0.527. The second kappa shape index (κ2) is 2.35. The molecule has 0 spiro atoms. The predicted octanol–water partition coefficient (Wildman–Crippen LogP) is 1.21. The highest BCUT2D eigenvalue weighted by Crippen LogP contribution is 2.01. The van der Waals surface area contributed by atoms with Gasteiger partial charge in [0.15, 0.2) is 0 Å². The zero-order valence-corrected chi connectivity index (χ0v) is 4.69. The fraction of sp³-hybridized carbons (Fsp3) is 0. The van der Waals surface area contributed by atoms with Crippen LogP contribution in [0.1, 0.15) is 0 Å². The monoisotopic (exact) mass is 124 g/mol. The van der Waals surface area contributed by atoms with Crippen LogP contribution in [0.15, 0.2) is 24.4 Å². The molecule has 1 N–H and O–H groups in total. The van der Waals surface area contributed by atoms with E-state index in [1.807, 2.05) is 0 Å². The fourth-order valence-corrected chi connectivity index (χ4v) is 0.526. The molecule has 3 nitrogen and oxygen atoms in total. The van der Waals surface area contributed by atoms with Gasteiger partial charge in [0.05, 0.1) is 6.54 Å². The number of allylic oxidation sites excluding steroid dienone is 2. The van der Waals surface area contributed by atoms with Crippen LogP contribution in [0.5, 0.6) is 0 Å². The second-order valence-corrected chi connectivity index (χ2v) is 1.57. The minimum Gasteiger partial charge on any atom is -0.465 e. The summed E-state index contributed by atoms with van der Waals surface area (Å²) >= 11 is 0. The molecule has 0 unspecified atom stereocenters. The van der Waals surface area contributed by atoms with Gasteiger partial charge < -0.3 is 5.11 Å². The van der Waals surface area contributed by atoms with Gasteiger partial charge in [0.25, 0.3) is 0 Å². The highest BCUT2D eigenvalue weighted by atomic mass is 16.4. The lowest BCUT2D eigenvalue weighted by Gasteiger charge is -2.11. The first-order valence-electron chi connectivity index (χ1n) is 2.50. The van der Waals surface area contributed by atoms with Crippen LogP contribution < -0.4 is 0 Å². The molecular weight excluding hydrogens is 118 g/mol. The number of amides is 1. The fourth-order valence-electron chi connectivity index (χ4n) is 0.526. The van der Waals surface area contributed by atoms with Crippen LogP contribution in [0.25, 0.3) is 0 Å². The lowest BCUT2D eigenvalue weighted by molar-refractivity contribution is 0.172. The minimum atomic E-state index is -0.962. The van der Waals surface area contributed by atoms with Gasteiger partial charge in [-0.05, 0) is 6.08 Å². The van der Waals surface area contributed by atoms with Gasteiger partial charge in [0.1, 0.15) is 0 Å². The van der Waals surface area contributed by atoms with E-state index in [1.54, 1.807) is 18.2 Å². The highest BCUT2D eigenvalue weighted by molar-refractivity contribution is 5.68. The maximum Gasteiger partial charge on any atom is 0.411 e. The zero-order valence-electron chi connectivity index (χ0n) is 4.69. The van der Waals surface area contributed by atoms with Gasteiger partial charge >= 0.3 is 6.09 Å². The van der Waals surface area contributed by atoms with Crippen LogP contribution in [-0.2, 0) is 0 Å². The summed E-state index contributed by atoms with van der Waals surface area (Å²) in [4.78, 5) is 11.2. The molecule has 1 rings (SSSR count).